The molecule has 146 valence electrons. The van der Waals surface area contributed by atoms with Gasteiger partial charge >= 0.3 is 0 Å². The summed E-state index contributed by atoms with van der Waals surface area (Å²) >= 11 is 7.83. The van der Waals surface area contributed by atoms with Crippen LogP contribution in [-0.4, -0.2) is 18.1 Å². The Hall–Kier alpha value is -1.88. The lowest BCUT2D eigenvalue weighted by Gasteiger charge is -2.20. The van der Waals surface area contributed by atoms with Gasteiger partial charge in [-0.05, 0) is 80.4 Å². The summed E-state index contributed by atoms with van der Waals surface area (Å²) in [6.45, 7) is 6.68. The van der Waals surface area contributed by atoms with Crippen LogP contribution in [0, 0.1) is 0 Å². The van der Waals surface area contributed by atoms with Crippen LogP contribution >= 0.6 is 22.9 Å². The summed E-state index contributed by atoms with van der Waals surface area (Å²) in [5.41, 5.74) is 2.29. The third kappa shape index (κ3) is 4.40. The molecule has 0 saturated carbocycles. The van der Waals surface area contributed by atoms with Gasteiger partial charge in [-0.15, -0.1) is 11.3 Å². The molecule has 0 amide bonds. The van der Waals surface area contributed by atoms with Crippen LogP contribution in [0.15, 0.2) is 48.5 Å². The number of hydrogen-bond donors (Lipinski definition) is 1. The molecule has 1 saturated heterocycles. The highest BCUT2D eigenvalue weighted by Gasteiger charge is 2.23. The molecule has 1 fully saturated rings. The summed E-state index contributed by atoms with van der Waals surface area (Å²) in [7, 11) is 0. The van der Waals surface area contributed by atoms with Crippen LogP contribution in [0.4, 0.5) is 0 Å². The molecule has 0 bridgehead atoms. The smallest absolute Gasteiger partial charge is 0.127 e. The van der Waals surface area contributed by atoms with Crippen molar-refractivity contribution in [3.05, 3.63) is 63.4 Å². The highest BCUT2D eigenvalue weighted by Crippen LogP contribution is 2.39. The molecule has 1 aromatic heterocycles. The highest BCUT2D eigenvalue weighted by molar-refractivity contribution is 7.12. The van der Waals surface area contributed by atoms with Crippen molar-refractivity contribution in [1.29, 1.82) is 0 Å². The van der Waals surface area contributed by atoms with Crippen molar-refractivity contribution in [2.45, 2.75) is 38.5 Å². The van der Waals surface area contributed by atoms with Crippen molar-refractivity contribution in [3.63, 3.8) is 0 Å². The van der Waals surface area contributed by atoms with Gasteiger partial charge in [-0.2, -0.15) is 0 Å². The van der Waals surface area contributed by atoms with Crippen LogP contribution in [0.2, 0.25) is 5.02 Å². The van der Waals surface area contributed by atoms with E-state index in [9.17, 15) is 0 Å². The van der Waals surface area contributed by atoms with Gasteiger partial charge in [0.15, 0.2) is 0 Å². The largest absolute Gasteiger partial charge is 0.457 e. The number of rotatable bonds is 5. The lowest BCUT2D eigenvalue weighted by Crippen LogP contribution is -2.26. The minimum Gasteiger partial charge on any atom is -0.457 e. The number of benzene rings is 2. The van der Waals surface area contributed by atoms with Gasteiger partial charge in [0.25, 0.3) is 0 Å². The van der Waals surface area contributed by atoms with E-state index in [2.05, 4.69) is 31.3 Å². The Morgan fingerprint density at radius 3 is 2.21 bits per heavy atom. The van der Waals surface area contributed by atoms with Gasteiger partial charge in [-0.1, -0.05) is 25.4 Å². The van der Waals surface area contributed by atoms with Crippen LogP contribution in [-0.2, 0) is 0 Å². The molecule has 2 heterocycles. The number of nitrogens with zero attached hydrogens (tertiary/aromatic N) is 1. The fourth-order valence-corrected chi connectivity index (χ4v) is 4.90. The maximum Gasteiger partial charge on any atom is 0.127 e. The Morgan fingerprint density at radius 1 is 1.00 bits per heavy atom. The van der Waals surface area contributed by atoms with Gasteiger partial charge in [0.1, 0.15) is 11.5 Å². The van der Waals surface area contributed by atoms with Gasteiger partial charge in [0.05, 0.1) is 10.7 Å². The van der Waals surface area contributed by atoms with Crippen LogP contribution in [0.5, 0.6) is 11.5 Å². The number of nitrogens with one attached hydrogen (secondary N) is 1. The summed E-state index contributed by atoms with van der Waals surface area (Å²) in [5.74, 6) is 2.64. The van der Waals surface area contributed by atoms with Crippen molar-refractivity contribution < 1.29 is 4.74 Å². The average molecular weight is 413 g/mol. The summed E-state index contributed by atoms with van der Waals surface area (Å²) in [5, 5.41) is 5.44. The second-order valence-corrected chi connectivity index (χ2v) is 9.02. The molecule has 3 nitrogen and oxygen atoms in total. The summed E-state index contributed by atoms with van der Waals surface area (Å²) < 4.78 is 5.92. The first-order valence-corrected chi connectivity index (χ1v) is 11.0. The van der Waals surface area contributed by atoms with E-state index in [0.717, 1.165) is 35.8 Å². The molecule has 28 heavy (non-hydrogen) atoms. The third-order valence-corrected chi connectivity index (χ3v) is 6.83. The van der Waals surface area contributed by atoms with Gasteiger partial charge in [-0.3, -0.25) is 0 Å². The van der Waals surface area contributed by atoms with Crippen LogP contribution in [0.3, 0.4) is 0 Å². The van der Waals surface area contributed by atoms with E-state index in [1.54, 1.807) is 0 Å². The van der Waals surface area contributed by atoms with E-state index in [1.807, 2.05) is 47.7 Å². The first-order chi connectivity index (χ1) is 13.6. The fraction of sp³-hybridized carbons (Fsp3) is 0.348. The highest BCUT2D eigenvalue weighted by atomic mass is 35.5. The minimum absolute atomic E-state index is 0.466. The number of ether oxygens (including phenoxy) is 1. The Labute approximate surface area is 175 Å². The molecule has 5 heteroatoms. The molecule has 1 N–H and O–H groups in total. The second-order valence-electron chi connectivity index (χ2n) is 7.52. The van der Waals surface area contributed by atoms with E-state index in [1.165, 1.54) is 22.7 Å². The monoisotopic (exact) mass is 412 g/mol. The molecule has 4 rings (SSSR count). The Balaban J connectivity index is 1.57. The zero-order chi connectivity index (χ0) is 19.5. The minimum atomic E-state index is 0.466. The Kier molecular flexibility index (Phi) is 6.00. The molecular weight excluding hydrogens is 388 g/mol. The van der Waals surface area contributed by atoms with Crippen molar-refractivity contribution >= 4 is 22.9 Å². The zero-order valence-corrected chi connectivity index (χ0v) is 17.8. The van der Waals surface area contributed by atoms with Crippen LogP contribution in [0.1, 0.15) is 48.4 Å². The van der Waals surface area contributed by atoms with Crippen LogP contribution < -0.4 is 10.1 Å². The standard InChI is InChI=1S/C23H25ClN2OS/c1-15(2)22-21(26-23(28-22)17-11-13-25-14-12-17)16-3-7-19(8-4-16)27-20-9-5-18(24)6-10-20/h3-10,15,17,25H,11-14H2,1-2H3. The Bertz CT molecular complexity index is 913. The van der Waals surface area contributed by atoms with Gasteiger partial charge < -0.3 is 10.1 Å². The first-order valence-electron chi connectivity index (χ1n) is 9.85. The average Bonchev–Trinajstić information content (AvgIpc) is 3.17. The number of thiazole rings is 1. The molecule has 0 aliphatic carbocycles. The molecular formula is C23H25ClN2OS. The van der Waals surface area contributed by atoms with Crippen LogP contribution in [0.25, 0.3) is 11.3 Å². The quantitative estimate of drug-likeness (QED) is 0.497. The molecule has 0 radical (unpaired) electrons. The van der Waals surface area contributed by atoms with Crippen molar-refractivity contribution in [3.8, 4) is 22.8 Å². The lowest BCUT2D eigenvalue weighted by molar-refractivity contribution is 0.459. The summed E-state index contributed by atoms with van der Waals surface area (Å²) in [6.07, 6.45) is 2.36. The van der Waals surface area contributed by atoms with E-state index < -0.39 is 0 Å². The van der Waals surface area contributed by atoms with Gasteiger partial charge in [0, 0.05) is 21.4 Å². The topological polar surface area (TPSA) is 34.2 Å². The summed E-state index contributed by atoms with van der Waals surface area (Å²) in [6, 6.07) is 15.7. The van der Waals surface area contributed by atoms with Gasteiger partial charge in [-0.25, -0.2) is 4.98 Å². The Morgan fingerprint density at radius 2 is 1.61 bits per heavy atom. The molecule has 0 unspecified atom stereocenters. The molecule has 3 aromatic rings. The van der Waals surface area contributed by atoms with E-state index >= 15 is 0 Å². The predicted octanol–water partition coefficient (Wildman–Crippen LogP) is 6.85. The summed E-state index contributed by atoms with van der Waals surface area (Å²) in [4.78, 5) is 6.46. The van der Waals surface area contributed by atoms with Crippen molar-refractivity contribution in [2.75, 3.05) is 13.1 Å². The van der Waals surface area contributed by atoms with Gasteiger partial charge in [0.2, 0.25) is 0 Å². The fourth-order valence-electron chi connectivity index (χ4n) is 3.51. The predicted molar refractivity (Wildman–Crippen MR) is 118 cm³/mol. The SMILES string of the molecule is CC(C)c1sc(C2CCNCC2)nc1-c1ccc(Oc2ccc(Cl)cc2)cc1. The van der Waals surface area contributed by atoms with E-state index in [4.69, 9.17) is 21.3 Å². The first kappa shape index (κ1) is 19.4. The normalized spacial score (nSPS) is 15.1. The van der Waals surface area contributed by atoms with E-state index in [-0.39, 0.29) is 0 Å². The number of piperidine rings is 1. The zero-order valence-electron chi connectivity index (χ0n) is 16.2. The van der Waals surface area contributed by atoms with Crippen molar-refractivity contribution in [1.82, 2.24) is 10.3 Å². The molecule has 0 spiro atoms. The molecule has 2 aromatic carbocycles. The molecule has 0 atom stereocenters. The second kappa shape index (κ2) is 8.64. The molecule has 1 aliphatic rings. The maximum absolute atomic E-state index is 5.94. The number of halogens is 1. The molecule has 1 aliphatic heterocycles. The maximum atomic E-state index is 5.94. The third-order valence-electron chi connectivity index (χ3n) is 5.06. The van der Waals surface area contributed by atoms with Crippen molar-refractivity contribution in [2.24, 2.45) is 0 Å². The lowest BCUT2D eigenvalue weighted by atomic mass is 9.99. The van der Waals surface area contributed by atoms with E-state index in [0.29, 0.717) is 16.9 Å². The number of hydrogen-bond acceptors (Lipinski definition) is 4. The number of aromatic nitrogens is 1.